The standard InChI is InChI=1S/C22H24F3N3O4S/c1-13-9-17(19-4-3-15(12-27-19)22(23,24)25)16-11-14(2)21(20(29)30,18(16)10-13)33(31,32)28-7-5-26-6-8-28/h3-4,9-10,12,14,26H,5-8,11H2,1-2H3,(H,29,30). The molecule has 1 saturated heterocycles. The molecule has 1 aromatic carbocycles. The van der Waals surface area contributed by atoms with E-state index in [9.17, 15) is 31.5 Å². The molecule has 0 amide bonds. The van der Waals surface area contributed by atoms with Crippen LogP contribution in [0.3, 0.4) is 0 Å². The first-order valence-corrected chi connectivity index (χ1v) is 12.0. The number of fused-ring (bicyclic) bond motifs is 1. The van der Waals surface area contributed by atoms with Crippen LogP contribution in [0.1, 0.15) is 29.2 Å². The van der Waals surface area contributed by atoms with Gasteiger partial charge in [-0.15, -0.1) is 0 Å². The average molecular weight is 484 g/mol. The fourth-order valence-corrected chi connectivity index (χ4v) is 7.29. The van der Waals surface area contributed by atoms with Crippen LogP contribution >= 0.6 is 0 Å². The number of hydrogen-bond acceptors (Lipinski definition) is 5. The Labute approximate surface area is 189 Å². The zero-order chi connectivity index (χ0) is 24.2. The van der Waals surface area contributed by atoms with E-state index in [0.29, 0.717) is 29.8 Å². The quantitative estimate of drug-likeness (QED) is 0.694. The van der Waals surface area contributed by atoms with Gasteiger partial charge in [-0.1, -0.05) is 18.6 Å². The SMILES string of the molecule is Cc1cc(-c2ccc(C(F)(F)F)cn2)c2c(c1)C(C(=O)O)(S(=O)(=O)N1CCNCC1)C(C)C2. The number of rotatable bonds is 4. The normalized spacial score (nSPS) is 24.0. The van der Waals surface area contributed by atoms with Crippen molar-refractivity contribution in [1.29, 1.82) is 0 Å². The monoisotopic (exact) mass is 483 g/mol. The fraction of sp³-hybridized carbons (Fsp3) is 0.455. The maximum atomic E-state index is 13.8. The molecule has 33 heavy (non-hydrogen) atoms. The number of carboxylic acid groups (broad SMARTS) is 1. The van der Waals surface area contributed by atoms with E-state index in [2.05, 4.69) is 10.3 Å². The minimum atomic E-state index is -4.54. The molecule has 178 valence electrons. The van der Waals surface area contributed by atoms with Crippen molar-refractivity contribution in [2.45, 2.75) is 31.2 Å². The molecule has 4 rings (SSSR count). The Morgan fingerprint density at radius 3 is 2.45 bits per heavy atom. The number of pyridine rings is 1. The first-order valence-electron chi connectivity index (χ1n) is 10.5. The van der Waals surface area contributed by atoms with Crippen molar-refractivity contribution in [2.75, 3.05) is 26.2 Å². The van der Waals surface area contributed by atoms with Crippen LogP contribution in [0.5, 0.6) is 0 Å². The van der Waals surface area contributed by atoms with Crippen molar-refractivity contribution < 1.29 is 31.5 Å². The highest BCUT2D eigenvalue weighted by Gasteiger charge is 2.63. The van der Waals surface area contributed by atoms with Crippen LogP contribution in [-0.4, -0.2) is 55.0 Å². The molecule has 0 bridgehead atoms. The van der Waals surface area contributed by atoms with Gasteiger partial charge in [-0.2, -0.15) is 17.5 Å². The molecule has 1 fully saturated rings. The van der Waals surface area contributed by atoms with Crippen LogP contribution in [0.4, 0.5) is 13.2 Å². The number of aryl methyl sites for hydroxylation is 1. The summed E-state index contributed by atoms with van der Waals surface area (Å²) in [6.45, 7) is 4.46. The Bertz CT molecular complexity index is 1190. The van der Waals surface area contributed by atoms with Crippen LogP contribution in [-0.2, 0) is 32.2 Å². The van der Waals surface area contributed by atoms with Gasteiger partial charge in [0.05, 0.1) is 11.3 Å². The van der Waals surface area contributed by atoms with Crippen molar-refractivity contribution in [2.24, 2.45) is 5.92 Å². The van der Waals surface area contributed by atoms with Crippen LogP contribution in [0.15, 0.2) is 30.5 Å². The maximum absolute atomic E-state index is 13.8. The third-order valence-electron chi connectivity index (χ3n) is 6.51. The maximum Gasteiger partial charge on any atom is 0.417 e. The molecule has 0 saturated carbocycles. The predicted octanol–water partition coefficient (Wildman–Crippen LogP) is 2.78. The molecule has 2 atom stereocenters. The first-order chi connectivity index (χ1) is 15.4. The van der Waals surface area contributed by atoms with E-state index in [0.717, 1.165) is 12.3 Å². The van der Waals surface area contributed by atoms with Gasteiger partial charge in [-0.05, 0) is 48.6 Å². The second-order valence-corrected chi connectivity index (χ2v) is 10.7. The van der Waals surface area contributed by atoms with E-state index in [-0.39, 0.29) is 30.8 Å². The van der Waals surface area contributed by atoms with Gasteiger partial charge in [0, 0.05) is 37.9 Å². The number of carbonyl (C=O) groups is 1. The highest BCUT2D eigenvalue weighted by molar-refractivity contribution is 7.90. The number of halogens is 3. The highest BCUT2D eigenvalue weighted by Crippen LogP contribution is 2.51. The molecule has 1 aliphatic heterocycles. The number of alkyl halides is 3. The number of hydrogen-bond donors (Lipinski definition) is 2. The second kappa shape index (κ2) is 8.07. The number of carboxylic acids is 1. The van der Waals surface area contributed by atoms with Crippen LogP contribution in [0.2, 0.25) is 0 Å². The van der Waals surface area contributed by atoms with E-state index < -0.39 is 38.4 Å². The minimum Gasteiger partial charge on any atom is -0.480 e. The predicted molar refractivity (Wildman–Crippen MR) is 115 cm³/mol. The minimum absolute atomic E-state index is 0.144. The van der Waals surface area contributed by atoms with Crippen LogP contribution < -0.4 is 5.32 Å². The summed E-state index contributed by atoms with van der Waals surface area (Å²) in [5.74, 6) is -2.25. The molecule has 2 aliphatic rings. The van der Waals surface area contributed by atoms with Gasteiger partial charge < -0.3 is 10.4 Å². The highest BCUT2D eigenvalue weighted by atomic mass is 32.2. The number of nitrogens with one attached hydrogen (secondary N) is 1. The lowest BCUT2D eigenvalue weighted by atomic mass is 9.91. The number of benzene rings is 1. The average Bonchev–Trinajstić information content (AvgIpc) is 3.06. The van der Waals surface area contributed by atoms with Gasteiger partial charge >= 0.3 is 12.1 Å². The topological polar surface area (TPSA) is 99.6 Å². The summed E-state index contributed by atoms with van der Waals surface area (Å²) in [6.07, 6.45) is -3.67. The van der Waals surface area contributed by atoms with E-state index in [1.54, 1.807) is 26.0 Å². The number of aromatic nitrogens is 1. The largest absolute Gasteiger partial charge is 0.480 e. The molecule has 2 aromatic rings. The molecule has 11 heteroatoms. The zero-order valence-electron chi connectivity index (χ0n) is 18.1. The molecule has 2 unspecified atom stereocenters. The summed E-state index contributed by atoms with van der Waals surface area (Å²) in [5, 5.41) is 13.4. The van der Waals surface area contributed by atoms with Gasteiger partial charge in [0.1, 0.15) is 0 Å². The van der Waals surface area contributed by atoms with E-state index in [1.807, 2.05) is 0 Å². The fourth-order valence-electron chi connectivity index (χ4n) is 4.95. The second-order valence-electron chi connectivity index (χ2n) is 8.57. The number of sulfonamides is 1. The van der Waals surface area contributed by atoms with E-state index in [1.165, 1.54) is 10.4 Å². The molecular weight excluding hydrogens is 459 g/mol. The van der Waals surface area contributed by atoms with Gasteiger partial charge in [-0.25, -0.2) is 8.42 Å². The summed E-state index contributed by atoms with van der Waals surface area (Å²) in [5.41, 5.74) is 1.03. The van der Waals surface area contributed by atoms with Crippen molar-refractivity contribution in [3.05, 3.63) is 52.7 Å². The molecule has 0 spiro atoms. The van der Waals surface area contributed by atoms with Crippen molar-refractivity contribution in [1.82, 2.24) is 14.6 Å². The Hall–Kier alpha value is -2.50. The van der Waals surface area contributed by atoms with Crippen molar-refractivity contribution >= 4 is 16.0 Å². The lowest BCUT2D eigenvalue weighted by molar-refractivity contribution is -0.142. The Balaban J connectivity index is 1.91. The van der Waals surface area contributed by atoms with Crippen LogP contribution in [0, 0.1) is 12.8 Å². The number of piperazine rings is 1. The van der Waals surface area contributed by atoms with Gasteiger partial charge in [0.25, 0.3) is 0 Å². The van der Waals surface area contributed by atoms with Gasteiger partial charge in [0.15, 0.2) is 0 Å². The van der Waals surface area contributed by atoms with Gasteiger partial charge in [-0.3, -0.25) is 9.78 Å². The van der Waals surface area contributed by atoms with Crippen molar-refractivity contribution in [3.63, 3.8) is 0 Å². The molecule has 1 aromatic heterocycles. The lowest BCUT2D eigenvalue weighted by Crippen LogP contribution is -2.57. The summed E-state index contributed by atoms with van der Waals surface area (Å²) in [6, 6.07) is 5.42. The molecule has 1 aliphatic carbocycles. The molecule has 0 radical (unpaired) electrons. The Kier molecular flexibility index (Phi) is 5.78. The first kappa shape index (κ1) is 23.7. The molecule has 7 nitrogen and oxygen atoms in total. The van der Waals surface area contributed by atoms with Crippen LogP contribution in [0.25, 0.3) is 11.3 Å². The summed E-state index contributed by atoms with van der Waals surface area (Å²) in [7, 11) is -4.30. The molecule has 2 heterocycles. The zero-order valence-corrected chi connectivity index (χ0v) is 18.9. The van der Waals surface area contributed by atoms with E-state index >= 15 is 0 Å². The van der Waals surface area contributed by atoms with Crippen molar-refractivity contribution in [3.8, 4) is 11.3 Å². The summed E-state index contributed by atoms with van der Waals surface area (Å²) < 4.78 is 65.6. The smallest absolute Gasteiger partial charge is 0.417 e. The van der Waals surface area contributed by atoms with Gasteiger partial charge in [0.2, 0.25) is 14.8 Å². The molecular formula is C22H24F3N3O4S. The Morgan fingerprint density at radius 1 is 1.24 bits per heavy atom. The van der Waals surface area contributed by atoms with E-state index in [4.69, 9.17) is 0 Å². The Morgan fingerprint density at radius 2 is 1.91 bits per heavy atom. The summed E-state index contributed by atoms with van der Waals surface area (Å²) >= 11 is 0. The third-order valence-corrected chi connectivity index (χ3v) is 9.16. The number of nitrogens with zero attached hydrogens (tertiary/aromatic N) is 2. The number of aliphatic carboxylic acids is 1. The molecule has 2 N–H and O–H groups in total. The lowest BCUT2D eigenvalue weighted by Gasteiger charge is -2.37. The summed E-state index contributed by atoms with van der Waals surface area (Å²) in [4.78, 5) is 16.7. The third kappa shape index (κ3) is 3.62.